The van der Waals surface area contributed by atoms with Crippen LogP contribution >= 0.6 is 11.6 Å². The SMILES string of the molecule is CCOC(=O)[C@H](C)Oc1ccc(C=Nn2c(-c3cccc(C(F)(F)F)c3)nc3ccccc3c2=O)cc1Cl. The second-order valence-electron chi connectivity index (χ2n) is 8.09. The van der Waals surface area contributed by atoms with Crippen molar-refractivity contribution in [3.8, 4) is 17.1 Å². The summed E-state index contributed by atoms with van der Waals surface area (Å²) in [7, 11) is 0. The van der Waals surface area contributed by atoms with Crippen molar-refractivity contribution in [2.45, 2.75) is 26.1 Å². The molecule has 0 N–H and O–H groups in total. The lowest BCUT2D eigenvalue weighted by Gasteiger charge is -2.14. The van der Waals surface area contributed by atoms with Crippen molar-refractivity contribution in [1.82, 2.24) is 9.66 Å². The number of carbonyl (C=O) groups is 1. The van der Waals surface area contributed by atoms with Gasteiger partial charge in [0.15, 0.2) is 11.9 Å². The standard InChI is InChI=1S/C27H21ClF3N3O4/c1-3-37-26(36)16(2)38-23-12-11-17(13-21(23)28)15-32-34-24(18-7-6-8-19(14-18)27(29,30)31)33-22-10-5-4-9-20(22)25(34)35/h4-16H,3H2,1-2H3/t16-/m0/s1. The van der Waals surface area contributed by atoms with Gasteiger partial charge in [0.25, 0.3) is 5.56 Å². The highest BCUT2D eigenvalue weighted by Crippen LogP contribution is 2.32. The smallest absolute Gasteiger partial charge is 0.416 e. The Morgan fingerprint density at radius 1 is 1.13 bits per heavy atom. The highest BCUT2D eigenvalue weighted by atomic mass is 35.5. The summed E-state index contributed by atoms with van der Waals surface area (Å²) >= 11 is 6.31. The average Bonchev–Trinajstić information content (AvgIpc) is 2.89. The summed E-state index contributed by atoms with van der Waals surface area (Å²) < 4.78 is 51.5. The maximum Gasteiger partial charge on any atom is 0.416 e. The Morgan fingerprint density at radius 3 is 2.61 bits per heavy atom. The quantitative estimate of drug-likeness (QED) is 0.212. The van der Waals surface area contributed by atoms with Crippen molar-refractivity contribution in [3.05, 3.63) is 93.2 Å². The van der Waals surface area contributed by atoms with Crippen LogP contribution in [0.25, 0.3) is 22.3 Å². The lowest BCUT2D eigenvalue weighted by atomic mass is 10.1. The fourth-order valence-electron chi connectivity index (χ4n) is 3.57. The van der Waals surface area contributed by atoms with Crippen LogP contribution in [0, 0.1) is 0 Å². The molecule has 0 radical (unpaired) electrons. The fourth-order valence-corrected chi connectivity index (χ4v) is 3.80. The maximum absolute atomic E-state index is 13.4. The van der Waals surface area contributed by atoms with Crippen LogP contribution in [0.4, 0.5) is 13.2 Å². The molecule has 38 heavy (non-hydrogen) atoms. The van der Waals surface area contributed by atoms with Crippen LogP contribution in [0.2, 0.25) is 5.02 Å². The Bertz CT molecular complexity index is 1580. The lowest BCUT2D eigenvalue weighted by molar-refractivity contribution is -0.150. The summed E-state index contributed by atoms with van der Waals surface area (Å²) in [4.78, 5) is 29.5. The van der Waals surface area contributed by atoms with Gasteiger partial charge in [0.2, 0.25) is 0 Å². The van der Waals surface area contributed by atoms with E-state index in [-0.39, 0.29) is 34.2 Å². The normalized spacial score (nSPS) is 12.6. The summed E-state index contributed by atoms with van der Waals surface area (Å²) in [5, 5.41) is 4.66. The highest BCUT2D eigenvalue weighted by Gasteiger charge is 2.31. The lowest BCUT2D eigenvalue weighted by Crippen LogP contribution is -2.26. The molecule has 0 aliphatic carbocycles. The molecule has 0 unspecified atom stereocenters. The van der Waals surface area contributed by atoms with Gasteiger partial charge >= 0.3 is 12.1 Å². The molecule has 1 heterocycles. The van der Waals surface area contributed by atoms with Crippen molar-refractivity contribution in [3.63, 3.8) is 0 Å². The average molecular weight is 544 g/mol. The van der Waals surface area contributed by atoms with Crippen LogP contribution in [0.5, 0.6) is 5.75 Å². The third kappa shape index (κ3) is 5.86. The van der Waals surface area contributed by atoms with Gasteiger partial charge in [-0.1, -0.05) is 35.9 Å². The van der Waals surface area contributed by atoms with Gasteiger partial charge < -0.3 is 9.47 Å². The number of rotatable bonds is 7. The third-order valence-electron chi connectivity index (χ3n) is 5.40. The number of halogens is 4. The first-order valence-electron chi connectivity index (χ1n) is 11.4. The molecular formula is C27H21ClF3N3O4. The van der Waals surface area contributed by atoms with E-state index >= 15 is 0 Å². The van der Waals surface area contributed by atoms with Gasteiger partial charge in [0.1, 0.15) is 5.75 Å². The van der Waals surface area contributed by atoms with Crippen molar-refractivity contribution in [2.24, 2.45) is 5.10 Å². The van der Waals surface area contributed by atoms with Gasteiger partial charge in [0.05, 0.1) is 34.3 Å². The number of nitrogens with zero attached hydrogens (tertiary/aromatic N) is 3. The number of para-hydroxylation sites is 1. The predicted octanol–water partition coefficient (Wildman–Crippen LogP) is 5.95. The van der Waals surface area contributed by atoms with Crippen molar-refractivity contribution in [1.29, 1.82) is 0 Å². The first-order valence-corrected chi connectivity index (χ1v) is 11.8. The summed E-state index contributed by atoms with van der Waals surface area (Å²) in [5.74, 6) is -0.372. The monoisotopic (exact) mass is 543 g/mol. The molecule has 0 saturated carbocycles. The Morgan fingerprint density at radius 2 is 1.89 bits per heavy atom. The molecule has 1 aromatic heterocycles. The molecule has 0 spiro atoms. The molecular weight excluding hydrogens is 523 g/mol. The molecule has 7 nitrogen and oxygen atoms in total. The predicted molar refractivity (Wildman–Crippen MR) is 138 cm³/mol. The molecule has 3 aromatic carbocycles. The number of fused-ring (bicyclic) bond motifs is 1. The van der Waals surface area contributed by atoms with Crippen LogP contribution in [-0.4, -0.2) is 34.6 Å². The van der Waals surface area contributed by atoms with E-state index in [2.05, 4.69) is 10.1 Å². The molecule has 0 saturated heterocycles. The van der Waals surface area contributed by atoms with E-state index < -0.39 is 29.4 Å². The van der Waals surface area contributed by atoms with Crippen LogP contribution < -0.4 is 10.3 Å². The molecule has 0 amide bonds. The number of aromatic nitrogens is 2. The van der Waals surface area contributed by atoms with Gasteiger partial charge in [0, 0.05) is 5.56 Å². The second-order valence-corrected chi connectivity index (χ2v) is 8.50. The molecule has 0 fully saturated rings. The number of alkyl halides is 3. The van der Waals surface area contributed by atoms with E-state index in [1.807, 2.05) is 0 Å². The third-order valence-corrected chi connectivity index (χ3v) is 5.70. The second kappa shape index (κ2) is 11.1. The van der Waals surface area contributed by atoms with Crippen molar-refractivity contribution in [2.75, 3.05) is 6.61 Å². The van der Waals surface area contributed by atoms with E-state index in [1.165, 1.54) is 37.4 Å². The van der Waals surface area contributed by atoms with Crippen molar-refractivity contribution >= 4 is 34.7 Å². The first kappa shape index (κ1) is 26.9. The topological polar surface area (TPSA) is 82.8 Å². The van der Waals surface area contributed by atoms with Crippen LogP contribution in [0.15, 0.2) is 76.6 Å². The number of esters is 1. The van der Waals surface area contributed by atoms with E-state index in [9.17, 15) is 22.8 Å². The van der Waals surface area contributed by atoms with E-state index in [1.54, 1.807) is 37.3 Å². The molecule has 4 rings (SSSR count). The van der Waals surface area contributed by atoms with Gasteiger partial charge in [-0.2, -0.15) is 22.9 Å². The van der Waals surface area contributed by atoms with Crippen molar-refractivity contribution < 1.29 is 27.4 Å². The molecule has 0 aliphatic heterocycles. The summed E-state index contributed by atoms with van der Waals surface area (Å²) in [6.07, 6.45) is -4.14. The van der Waals surface area contributed by atoms with Gasteiger partial charge in [-0.25, -0.2) is 9.78 Å². The highest BCUT2D eigenvalue weighted by molar-refractivity contribution is 6.32. The largest absolute Gasteiger partial charge is 0.477 e. The minimum atomic E-state index is -4.58. The number of carbonyl (C=O) groups excluding carboxylic acids is 1. The summed E-state index contributed by atoms with van der Waals surface area (Å²) in [6, 6.07) is 15.6. The van der Waals surface area contributed by atoms with Crippen LogP contribution in [-0.2, 0) is 15.7 Å². The molecule has 0 aliphatic rings. The zero-order chi connectivity index (χ0) is 27.4. The Kier molecular flexibility index (Phi) is 7.82. The van der Waals surface area contributed by atoms with E-state index in [0.717, 1.165) is 16.8 Å². The Hall–Kier alpha value is -4.18. The molecule has 11 heteroatoms. The van der Waals surface area contributed by atoms with E-state index in [0.29, 0.717) is 11.1 Å². The Labute approximate surface area is 220 Å². The number of hydrogen-bond donors (Lipinski definition) is 0. The van der Waals surface area contributed by atoms with Crippen LogP contribution in [0.3, 0.4) is 0 Å². The van der Waals surface area contributed by atoms with E-state index in [4.69, 9.17) is 21.1 Å². The number of benzene rings is 3. The molecule has 1 atom stereocenters. The molecule has 4 aromatic rings. The summed E-state index contributed by atoms with van der Waals surface area (Å²) in [5.41, 5.74) is -0.603. The van der Waals surface area contributed by atoms with Gasteiger partial charge in [-0.3, -0.25) is 4.79 Å². The number of ether oxygens (including phenoxy) is 2. The molecule has 196 valence electrons. The van der Waals surface area contributed by atoms with Crippen LogP contribution in [0.1, 0.15) is 25.0 Å². The van der Waals surface area contributed by atoms with Gasteiger partial charge in [-0.15, -0.1) is 0 Å². The zero-order valence-electron chi connectivity index (χ0n) is 20.2. The number of hydrogen-bond acceptors (Lipinski definition) is 6. The zero-order valence-corrected chi connectivity index (χ0v) is 21.0. The summed E-state index contributed by atoms with van der Waals surface area (Å²) in [6.45, 7) is 3.42. The fraction of sp³-hybridized carbons (Fsp3) is 0.185. The minimum absolute atomic E-state index is 0.0644. The maximum atomic E-state index is 13.4. The Balaban J connectivity index is 1.74. The minimum Gasteiger partial charge on any atom is -0.477 e. The molecule has 0 bridgehead atoms. The van der Waals surface area contributed by atoms with Gasteiger partial charge in [-0.05, 0) is 61.9 Å². The first-order chi connectivity index (χ1) is 18.1.